The van der Waals surface area contributed by atoms with Gasteiger partial charge in [0, 0.05) is 26.1 Å². The van der Waals surface area contributed by atoms with Crippen molar-refractivity contribution in [3.05, 3.63) is 71.8 Å². The van der Waals surface area contributed by atoms with E-state index in [1.54, 1.807) is 4.90 Å². The lowest BCUT2D eigenvalue weighted by atomic mass is 9.88. The molecule has 2 aromatic carbocycles. The topological polar surface area (TPSA) is 214 Å². The first-order valence-corrected chi connectivity index (χ1v) is 16.8. The zero-order chi connectivity index (χ0) is 34.7. The van der Waals surface area contributed by atoms with E-state index in [4.69, 9.17) is 17.2 Å². The number of carboxylic acid groups (broad SMARTS) is 1. The Kier molecular flexibility index (Phi) is 13.1. The molecule has 2 fully saturated rings. The molecule has 13 nitrogen and oxygen atoms in total. The largest absolute Gasteiger partial charge is 0.480 e. The minimum Gasteiger partial charge on any atom is -0.480 e. The summed E-state index contributed by atoms with van der Waals surface area (Å²) in [5.74, 6) is -2.73. The lowest BCUT2D eigenvalue weighted by molar-refractivity contribution is -0.148. The molecule has 4 amide bonds. The lowest BCUT2D eigenvalue weighted by Gasteiger charge is -2.38. The fraction of sp³-hybridized carbons (Fsp3) is 0.514. The van der Waals surface area contributed by atoms with E-state index in [0.717, 1.165) is 11.1 Å². The number of carboxylic acids is 1. The van der Waals surface area contributed by atoms with Crippen LogP contribution in [0.3, 0.4) is 0 Å². The molecule has 48 heavy (non-hydrogen) atoms. The summed E-state index contributed by atoms with van der Waals surface area (Å²) in [6.45, 7) is 1.07. The predicted molar refractivity (Wildman–Crippen MR) is 180 cm³/mol. The van der Waals surface area contributed by atoms with Crippen LogP contribution in [0.25, 0.3) is 0 Å². The van der Waals surface area contributed by atoms with Crippen molar-refractivity contribution in [2.24, 2.45) is 17.2 Å². The van der Waals surface area contributed by atoms with Crippen molar-refractivity contribution in [3.8, 4) is 0 Å². The molecular weight excluding hydrogens is 614 g/mol. The number of aliphatic carboxylic acids is 1. The Balaban J connectivity index is 1.47. The van der Waals surface area contributed by atoms with Gasteiger partial charge in [0.25, 0.3) is 0 Å². The quantitative estimate of drug-likeness (QED) is 0.144. The number of hydrogen-bond donors (Lipinski definition) is 6. The molecule has 0 aliphatic carbocycles. The Hall–Kier alpha value is -4.33. The van der Waals surface area contributed by atoms with Gasteiger partial charge in [-0.3, -0.25) is 24.0 Å². The van der Waals surface area contributed by atoms with Crippen molar-refractivity contribution in [2.45, 2.75) is 87.5 Å². The number of amides is 4. The summed E-state index contributed by atoms with van der Waals surface area (Å²) in [6, 6.07) is 15.1. The number of rotatable bonds is 15. The number of piperidine rings is 1. The summed E-state index contributed by atoms with van der Waals surface area (Å²) >= 11 is 0. The van der Waals surface area contributed by atoms with Gasteiger partial charge in [0.15, 0.2) is 0 Å². The lowest BCUT2D eigenvalue weighted by Crippen LogP contribution is -2.60. The van der Waals surface area contributed by atoms with Crippen LogP contribution in [-0.4, -0.2) is 100 Å². The molecule has 0 spiro atoms. The number of nitrogens with one attached hydrogen (secondary N) is 2. The van der Waals surface area contributed by atoms with Gasteiger partial charge >= 0.3 is 5.97 Å². The van der Waals surface area contributed by atoms with Gasteiger partial charge < -0.3 is 42.7 Å². The van der Waals surface area contributed by atoms with Gasteiger partial charge in [-0.1, -0.05) is 60.7 Å². The second-order valence-electron chi connectivity index (χ2n) is 12.9. The molecule has 2 aliphatic heterocycles. The number of likely N-dealkylation sites (tertiary alicyclic amines) is 2. The molecule has 0 unspecified atom stereocenters. The number of carbonyl (C=O) groups excluding carboxylic acids is 4. The van der Waals surface area contributed by atoms with E-state index in [1.165, 1.54) is 4.90 Å². The average Bonchev–Trinajstić information content (AvgIpc) is 3.58. The van der Waals surface area contributed by atoms with Gasteiger partial charge in [-0.15, -0.1) is 0 Å². The molecule has 4 rings (SSSR count). The summed E-state index contributed by atoms with van der Waals surface area (Å²) < 4.78 is 0. The van der Waals surface area contributed by atoms with Gasteiger partial charge in [0.2, 0.25) is 23.6 Å². The van der Waals surface area contributed by atoms with Crippen LogP contribution in [0.4, 0.5) is 0 Å². The van der Waals surface area contributed by atoms with Crippen molar-refractivity contribution in [1.29, 1.82) is 0 Å². The number of hydrogen-bond acceptors (Lipinski definition) is 8. The maximum Gasteiger partial charge on any atom is 0.323 e. The maximum atomic E-state index is 14.1. The van der Waals surface area contributed by atoms with Gasteiger partial charge in [-0.2, -0.15) is 0 Å². The first-order valence-electron chi connectivity index (χ1n) is 16.8. The van der Waals surface area contributed by atoms with E-state index in [2.05, 4.69) is 10.6 Å². The Morgan fingerprint density at radius 3 is 2.02 bits per heavy atom. The van der Waals surface area contributed by atoms with Crippen LogP contribution >= 0.6 is 0 Å². The van der Waals surface area contributed by atoms with Crippen LogP contribution in [0, 0.1) is 0 Å². The molecular formula is C35H49N7O6. The van der Waals surface area contributed by atoms with Crippen LogP contribution in [-0.2, 0) is 36.8 Å². The average molecular weight is 664 g/mol. The van der Waals surface area contributed by atoms with Crippen molar-refractivity contribution < 1.29 is 29.1 Å². The summed E-state index contributed by atoms with van der Waals surface area (Å²) in [5, 5.41) is 15.2. The van der Waals surface area contributed by atoms with Crippen LogP contribution in [0.2, 0.25) is 0 Å². The Bertz CT molecular complexity index is 1400. The maximum absolute atomic E-state index is 14.1. The van der Waals surface area contributed by atoms with E-state index < -0.39 is 53.4 Å². The summed E-state index contributed by atoms with van der Waals surface area (Å²) in [6.07, 6.45) is 3.29. The molecule has 0 saturated carbocycles. The van der Waals surface area contributed by atoms with Crippen molar-refractivity contribution in [3.63, 3.8) is 0 Å². The number of nitrogens with zero attached hydrogens (tertiary/aromatic N) is 2. The second-order valence-corrected chi connectivity index (χ2v) is 12.9. The molecule has 13 heteroatoms. The monoisotopic (exact) mass is 663 g/mol. The Labute approximate surface area is 281 Å². The zero-order valence-corrected chi connectivity index (χ0v) is 27.4. The van der Waals surface area contributed by atoms with Gasteiger partial charge in [0.05, 0.1) is 6.04 Å². The van der Waals surface area contributed by atoms with E-state index >= 15 is 0 Å². The minimum absolute atomic E-state index is 0.103. The van der Waals surface area contributed by atoms with Crippen LogP contribution < -0.4 is 27.8 Å². The highest BCUT2D eigenvalue weighted by atomic mass is 16.4. The molecule has 260 valence electrons. The second kappa shape index (κ2) is 17.2. The van der Waals surface area contributed by atoms with E-state index in [1.807, 2.05) is 60.7 Å². The number of benzene rings is 2. The fourth-order valence-electron chi connectivity index (χ4n) is 6.37. The Morgan fingerprint density at radius 2 is 1.44 bits per heavy atom. The van der Waals surface area contributed by atoms with E-state index in [0.29, 0.717) is 51.6 Å². The molecule has 9 N–H and O–H groups in total. The summed E-state index contributed by atoms with van der Waals surface area (Å²) in [4.78, 5) is 69.4. The molecule has 2 saturated heterocycles. The highest BCUT2D eigenvalue weighted by Crippen LogP contribution is 2.23. The van der Waals surface area contributed by atoms with Crippen LogP contribution in [0.15, 0.2) is 60.7 Å². The molecule has 0 radical (unpaired) electrons. The van der Waals surface area contributed by atoms with Gasteiger partial charge in [0.1, 0.15) is 23.7 Å². The summed E-state index contributed by atoms with van der Waals surface area (Å²) in [5.41, 5.74) is 18.3. The summed E-state index contributed by atoms with van der Waals surface area (Å²) in [7, 11) is 0. The SMILES string of the molecule is NCCCC[C@@H](NC(=O)[C@H]1CCCN1C(=O)[C@@H](Cc1ccccc1)NC(=O)[C@H](N)Cc1ccccc1)C(=O)N1CCC(N)(C(=O)O)CC1. The van der Waals surface area contributed by atoms with E-state index in [-0.39, 0.29) is 38.3 Å². The first kappa shape index (κ1) is 36.5. The number of nitrogens with two attached hydrogens (primary N) is 3. The zero-order valence-electron chi connectivity index (χ0n) is 27.4. The predicted octanol–water partition coefficient (Wildman–Crippen LogP) is 0.293. The number of carbonyl (C=O) groups is 5. The Morgan fingerprint density at radius 1 is 0.833 bits per heavy atom. The van der Waals surface area contributed by atoms with Crippen molar-refractivity contribution >= 4 is 29.6 Å². The third kappa shape index (κ3) is 9.61. The molecule has 0 bridgehead atoms. The smallest absolute Gasteiger partial charge is 0.323 e. The van der Waals surface area contributed by atoms with Gasteiger partial charge in [-0.05, 0) is 69.0 Å². The highest BCUT2D eigenvalue weighted by molar-refractivity contribution is 5.95. The minimum atomic E-state index is -1.39. The third-order valence-corrected chi connectivity index (χ3v) is 9.33. The van der Waals surface area contributed by atoms with Crippen molar-refractivity contribution in [2.75, 3.05) is 26.2 Å². The first-order chi connectivity index (χ1) is 23.0. The fourth-order valence-corrected chi connectivity index (χ4v) is 6.37. The molecule has 2 aromatic rings. The normalized spacial score (nSPS) is 19.2. The van der Waals surface area contributed by atoms with Crippen LogP contribution in [0.1, 0.15) is 56.1 Å². The van der Waals surface area contributed by atoms with Gasteiger partial charge in [-0.25, -0.2) is 0 Å². The third-order valence-electron chi connectivity index (χ3n) is 9.33. The van der Waals surface area contributed by atoms with Crippen molar-refractivity contribution in [1.82, 2.24) is 20.4 Å². The van der Waals surface area contributed by atoms with Crippen LogP contribution in [0.5, 0.6) is 0 Å². The highest BCUT2D eigenvalue weighted by Gasteiger charge is 2.42. The molecule has 0 aromatic heterocycles. The van der Waals surface area contributed by atoms with E-state index in [9.17, 15) is 29.1 Å². The molecule has 2 aliphatic rings. The molecule has 4 atom stereocenters. The standard InChI is InChI=1S/C35H49N7O6/c36-18-8-7-14-27(32(45)41-20-16-35(38,17-21-41)34(47)48)39-31(44)29-15-9-19-42(29)33(46)28(23-25-12-5-2-6-13-25)40-30(43)26(37)22-24-10-3-1-4-11-24/h1-6,10-13,26-29H,7-9,14-23,36-38H2,(H,39,44)(H,40,43)(H,47,48)/t26-,27-,28-,29-/m1/s1. The number of unbranched alkanes of at least 4 members (excludes halogenated alkanes) is 1. The molecule has 2 heterocycles.